The summed E-state index contributed by atoms with van der Waals surface area (Å²) >= 11 is 0. The Labute approximate surface area is 67.7 Å². The Balaban J connectivity index is 2.68. The maximum absolute atomic E-state index is 9.23. The highest BCUT2D eigenvalue weighted by Crippen LogP contribution is 2.13. The second-order valence-electron chi connectivity index (χ2n) is 2.74. The van der Waals surface area contributed by atoms with Gasteiger partial charge in [0.1, 0.15) is 5.76 Å². The van der Waals surface area contributed by atoms with Gasteiger partial charge in [0.2, 0.25) is 0 Å². The Hall–Kier alpha value is -0.980. The van der Waals surface area contributed by atoms with Crippen molar-refractivity contribution in [3.05, 3.63) is 35.6 Å². The standard InChI is InChI=1S/C10H14O/c1-2-5-9-6-3-4-7-10(11)8-9/h3,6-8,11H,2,4-5H2,1H3. The SMILES string of the molecule is CCCC1=CC(O)=CCC=C1. The van der Waals surface area contributed by atoms with Crippen LogP contribution in [-0.2, 0) is 0 Å². The maximum Gasteiger partial charge on any atom is 0.112 e. The fourth-order valence-electron chi connectivity index (χ4n) is 1.15. The molecule has 0 amide bonds. The summed E-state index contributed by atoms with van der Waals surface area (Å²) in [6.45, 7) is 2.14. The lowest BCUT2D eigenvalue weighted by Gasteiger charge is -1.96. The Morgan fingerprint density at radius 2 is 2.36 bits per heavy atom. The van der Waals surface area contributed by atoms with Crippen molar-refractivity contribution in [2.45, 2.75) is 26.2 Å². The van der Waals surface area contributed by atoms with Gasteiger partial charge >= 0.3 is 0 Å². The van der Waals surface area contributed by atoms with E-state index < -0.39 is 0 Å². The van der Waals surface area contributed by atoms with Crippen molar-refractivity contribution < 1.29 is 5.11 Å². The molecule has 0 aromatic carbocycles. The Bertz CT molecular complexity index is 209. The van der Waals surface area contributed by atoms with E-state index in [0.29, 0.717) is 5.76 Å². The topological polar surface area (TPSA) is 20.2 Å². The van der Waals surface area contributed by atoms with E-state index in [9.17, 15) is 5.11 Å². The fraction of sp³-hybridized carbons (Fsp3) is 0.400. The fourth-order valence-corrected chi connectivity index (χ4v) is 1.15. The molecule has 11 heavy (non-hydrogen) atoms. The van der Waals surface area contributed by atoms with Crippen molar-refractivity contribution in [3.8, 4) is 0 Å². The molecule has 0 aromatic heterocycles. The second-order valence-corrected chi connectivity index (χ2v) is 2.74. The van der Waals surface area contributed by atoms with Crippen molar-refractivity contribution in [3.63, 3.8) is 0 Å². The summed E-state index contributed by atoms with van der Waals surface area (Å²) < 4.78 is 0. The van der Waals surface area contributed by atoms with Crippen LogP contribution in [0, 0.1) is 0 Å². The minimum atomic E-state index is 0.401. The predicted molar refractivity (Wildman–Crippen MR) is 47.5 cm³/mol. The van der Waals surface area contributed by atoms with Crippen LogP contribution in [0.4, 0.5) is 0 Å². The molecular weight excluding hydrogens is 136 g/mol. The number of hydrogen-bond donors (Lipinski definition) is 1. The number of hydrogen-bond acceptors (Lipinski definition) is 1. The smallest absolute Gasteiger partial charge is 0.112 e. The summed E-state index contributed by atoms with van der Waals surface area (Å²) in [6.07, 6.45) is 10.8. The van der Waals surface area contributed by atoms with E-state index in [1.165, 1.54) is 5.57 Å². The molecule has 0 spiro atoms. The zero-order valence-corrected chi connectivity index (χ0v) is 6.88. The molecule has 0 aliphatic heterocycles. The number of allylic oxidation sites excluding steroid dienone is 5. The Morgan fingerprint density at radius 3 is 3.09 bits per heavy atom. The van der Waals surface area contributed by atoms with Gasteiger partial charge in [0, 0.05) is 0 Å². The van der Waals surface area contributed by atoms with Gasteiger partial charge in [-0.2, -0.15) is 0 Å². The molecule has 1 N–H and O–H groups in total. The molecule has 0 fully saturated rings. The van der Waals surface area contributed by atoms with Gasteiger partial charge in [0.15, 0.2) is 0 Å². The van der Waals surface area contributed by atoms with Gasteiger partial charge in [-0.25, -0.2) is 0 Å². The molecule has 1 nitrogen and oxygen atoms in total. The van der Waals surface area contributed by atoms with Crippen LogP contribution >= 0.6 is 0 Å². The van der Waals surface area contributed by atoms with Crippen molar-refractivity contribution in [1.82, 2.24) is 0 Å². The van der Waals surface area contributed by atoms with Gasteiger partial charge in [0.25, 0.3) is 0 Å². The highest BCUT2D eigenvalue weighted by atomic mass is 16.3. The quantitative estimate of drug-likeness (QED) is 0.641. The average molecular weight is 150 g/mol. The predicted octanol–water partition coefficient (Wildman–Crippen LogP) is 3.11. The molecule has 1 aliphatic rings. The summed E-state index contributed by atoms with van der Waals surface area (Å²) in [4.78, 5) is 0. The first-order valence-corrected chi connectivity index (χ1v) is 4.09. The van der Waals surface area contributed by atoms with E-state index in [1.807, 2.05) is 12.2 Å². The molecule has 0 saturated carbocycles. The maximum atomic E-state index is 9.23. The molecule has 0 aromatic rings. The molecule has 0 atom stereocenters. The van der Waals surface area contributed by atoms with Crippen LogP contribution in [0.1, 0.15) is 26.2 Å². The van der Waals surface area contributed by atoms with Crippen molar-refractivity contribution in [2.75, 3.05) is 0 Å². The van der Waals surface area contributed by atoms with Crippen LogP contribution in [0.5, 0.6) is 0 Å². The number of rotatable bonds is 2. The molecule has 0 heterocycles. The number of aliphatic hydroxyl groups excluding tert-OH is 1. The van der Waals surface area contributed by atoms with Gasteiger partial charge in [-0.3, -0.25) is 0 Å². The van der Waals surface area contributed by atoms with Crippen LogP contribution in [0.25, 0.3) is 0 Å². The van der Waals surface area contributed by atoms with Gasteiger partial charge in [-0.05, 0) is 30.6 Å². The monoisotopic (exact) mass is 150 g/mol. The van der Waals surface area contributed by atoms with Crippen LogP contribution in [-0.4, -0.2) is 5.11 Å². The second kappa shape index (κ2) is 4.02. The number of aliphatic hydroxyl groups is 1. The first kappa shape index (κ1) is 8.12. The van der Waals surface area contributed by atoms with Gasteiger partial charge < -0.3 is 5.11 Å². The first-order chi connectivity index (χ1) is 5.33. The molecule has 0 radical (unpaired) electrons. The zero-order valence-electron chi connectivity index (χ0n) is 6.88. The van der Waals surface area contributed by atoms with Crippen LogP contribution in [0.2, 0.25) is 0 Å². The Kier molecular flexibility index (Phi) is 2.96. The van der Waals surface area contributed by atoms with E-state index in [4.69, 9.17) is 0 Å². The average Bonchev–Trinajstić information content (AvgIpc) is 2.15. The third-order valence-corrected chi connectivity index (χ3v) is 1.67. The molecular formula is C10H14O. The lowest BCUT2D eigenvalue weighted by molar-refractivity contribution is 0.430. The molecule has 1 aliphatic carbocycles. The van der Waals surface area contributed by atoms with E-state index in [2.05, 4.69) is 19.1 Å². The van der Waals surface area contributed by atoms with Crippen molar-refractivity contribution >= 4 is 0 Å². The normalized spacial score (nSPS) is 17.2. The van der Waals surface area contributed by atoms with E-state index in [0.717, 1.165) is 19.3 Å². The summed E-state index contributed by atoms with van der Waals surface area (Å²) in [5.74, 6) is 0.401. The van der Waals surface area contributed by atoms with E-state index in [-0.39, 0.29) is 0 Å². The summed E-state index contributed by atoms with van der Waals surface area (Å²) in [7, 11) is 0. The van der Waals surface area contributed by atoms with Gasteiger partial charge in [-0.15, -0.1) is 0 Å². The van der Waals surface area contributed by atoms with Crippen LogP contribution < -0.4 is 0 Å². The lowest BCUT2D eigenvalue weighted by atomic mass is 10.1. The highest BCUT2D eigenvalue weighted by molar-refractivity contribution is 5.29. The van der Waals surface area contributed by atoms with Crippen LogP contribution in [0.3, 0.4) is 0 Å². The molecule has 60 valence electrons. The summed E-state index contributed by atoms with van der Waals surface area (Å²) in [5.41, 5.74) is 1.22. The first-order valence-electron chi connectivity index (χ1n) is 4.09. The van der Waals surface area contributed by atoms with Crippen molar-refractivity contribution in [1.29, 1.82) is 0 Å². The third-order valence-electron chi connectivity index (χ3n) is 1.67. The van der Waals surface area contributed by atoms with Crippen molar-refractivity contribution in [2.24, 2.45) is 0 Å². The van der Waals surface area contributed by atoms with Crippen LogP contribution in [0.15, 0.2) is 35.6 Å². The highest BCUT2D eigenvalue weighted by Gasteiger charge is 1.95. The third kappa shape index (κ3) is 2.62. The molecule has 1 heteroatoms. The molecule has 0 saturated heterocycles. The molecule has 0 unspecified atom stereocenters. The zero-order chi connectivity index (χ0) is 8.10. The molecule has 1 rings (SSSR count). The van der Waals surface area contributed by atoms with Gasteiger partial charge in [0.05, 0.1) is 0 Å². The molecule has 0 bridgehead atoms. The summed E-state index contributed by atoms with van der Waals surface area (Å²) in [6, 6.07) is 0. The minimum Gasteiger partial charge on any atom is -0.508 e. The minimum absolute atomic E-state index is 0.401. The Morgan fingerprint density at radius 1 is 1.55 bits per heavy atom. The lowest BCUT2D eigenvalue weighted by Crippen LogP contribution is -1.78. The van der Waals surface area contributed by atoms with E-state index in [1.54, 1.807) is 0 Å². The largest absolute Gasteiger partial charge is 0.508 e. The van der Waals surface area contributed by atoms with Gasteiger partial charge in [-0.1, -0.05) is 25.5 Å². The van der Waals surface area contributed by atoms with E-state index >= 15 is 0 Å². The summed E-state index contributed by atoms with van der Waals surface area (Å²) in [5, 5.41) is 9.23.